The lowest BCUT2D eigenvalue weighted by Gasteiger charge is -2.41. The largest absolute Gasteiger partial charge is 0.506 e. The summed E-state index contributed by atoms with van der Waals surface area (Å²) >= 11 is 6.13. The normalized spacial score (nSPS) is 33.7. The molecular formula is C19H22ClNO. The molecule has 0 spiro atoms. The Bertz CT molecular complexity index is 651. The highest BCUT2D eigenvalue weighted by Crippen LogP contribution is 2.48. The summed E-state index contributed by atoms with van der Waals surface area (Å²) in [6.07, 6.45) is 12.6. The molecule has 4 unspecified atom stereocenters. The van der Waals surface area contributed by atoms with Crippen LogP contribution >= 0.6 is 11.6 Å². The number of aryl methyl sites for hydroxylation is 1. The third-order valence-corrected chi connectivity index (χ3v) is 6.09. The number of hydrogen-bond acceptors (Lipinski definition) is 2. The zero-order valence-corrected chi connectivity index (χ0v) is 13.6. The summed E-state index contributed by atoms with van der Waals surface area (Å²) in [5, 5.41) is 10.6. The molecule has 116 valence electrons. The fourth-order valence-corrected chi connectivity index (χ4v) is 4.84. The van der Waals surface area contributed by atoms with Crippen LogP contribution in [0, 0.1) is 11.8 Å². The first-order valence-electron chi connectivity index (χ1n) is 8.21. The maximum Gasteiger partial charge on any atom is 0.134 e. The Labute approximate surface area is 137 Å². The molecule has 1 saturated heterocycles. The monoisotopic (exact) mass is 315 g/mol. The van der Waals surface area contributed by atoms with Crippen LogP contribution in [0.1, 0.15) is 29.9 Å². The van der Waals surface area contributed by atoms with Gasteiger partial charge in [0.25, 0.3) is 0 Å². The van der Waals surface area contributed by atoms with E-state index in [2.05, 4.69) is 36.3 Å². The van der Waals surface area contributed by atoms with Gasteiger partial charge in [-0.15, -0.1) is 0 Å². The van der Waals surface area contributed by atoms with E-state index in [1.807, 2.05) is 12.1 Å². The number of benzene rings is 1. The summed E-state index contributed by atoms with van der Waals surface area (Å²) in [6.45, 7) is 1.15. The minimum Gasteiger partial charge on any atom is -0.506 e. The number of halogens is 1. The molecule has 3 aliphatic rings. The van der Waals surface area contributed by atoms with Gasteiger partial charge in [0, 0.05) is 12.0 Å². The van der Waals surface area contributed by atoms with Gasteiger partial charge in [-0.2, -0.15) is 0 Å². The van der Waals surface area contributed by atoms with Gasteiger partial charge in [-0.05, 0) is 68.0 Å². The Morgan fingerprint density at radius 1 is 1.18 bits per heavy atom. The molecule has 4 atom stereocenters. The van der Waals surface area contributed by atoms with Crippen molar-refractivity contribution >= 4 is 11.6 Å². The second-order valence-corrected chi connectivity index (χ2v) is 7.32. The lowest BCUT2D eigenvalue weighted by molar-refractivity contribution is 0.194. The fourth-order valence-electron chi connectivity index (χ4n) is 4.66. The molecule has 0 amide bonds. The molecular weight excluding hydrogens is 294 g/mol. The second-order valence-electron chi connectivity index (χ2n) is 6.91. The van der Waals surface area contributed by atoms with Crippen LogP contribution in [0.25, 0.3) is 0 Å². The average molecular weight is 316 g/mol. The highest BCUT2D eigenvalue weighted by molar-refractivity contribution is 6.32. The van der Waals surface area contributed by atoms with Crippen molar-refractivity contribution in [1.29, 1.82) is 0 Å². The molecule has 2 nitrogen and oxygen atoms in total. The van der Waals surface area contributed by atoms with Gasteiger partial charge in [0.05, 0.1) is 5.02 Å². The van der Waals surface area contributed by atoms with E-state index < -0.39 is 0 Å². The Kier molecular flexibility index (Phi) is 3.54. The molecule has 1 aromatic carbocycles. The quantitative estimate of drug-likeness (QED) is 0.778. The molecule has 0 bridgehead atoms. The average Bonchev–Trinajstić information content (AvgIpc) is 2.67. The first kappa shape index (κ1) is 14.3. The van der Waals surface area contributed by atoms with Gasteiger partial charge in [-0.3, -0.25) is 0 Å². The van der Waals surface area contributed by atoms with Gasteiger partial charge in [0.15, 0.2) is 0 Å². The van der Waals surface area contributed by atoms with Crippen LogP contribution in [0.2, 0.25) is 5.02 Å². The number of hydrogen-bond donors (Lipinski definition) is 1. The van der Waals surface area contributed by atoms with Crippen LogP contribution in [-0.2, 0) is 6.42 Å². The summed E-state index contributed by atoms with van der Waals surface area (Å²) in [7, 11) is 2.25. The van der Waals surface area contributed by atoms with Gasteiger partial charge >= 0.3 is 0 Å². The summed E-state index contributed by atoms with van der Waals surface area (Å²) in [5.41, 5.74) is 2.63. The summed E-state index contributed by atoms with van der Waals surface area (Å²) in [6, 6.07) is 4.46. The van der Waals surface area contributed by atoms with Gasteiger partial charge in [0.1, 0.15) is 5.75 Å². The molecule has 1 N–H and O–H groups in total. The van der Waals surface area contributed by atoms with Crippen molar-refractivity contribution in [3.63, 3.8) is 0 Å². The van der Waals surface area contributed by atoms with Crippen molar-refractivity contribution in [2.75, 3.05) is 13.6 Å². The standard InChI is InChI=1S/C19H22ClNO/c1-21-9-8-12-4-2-3-5-14(12)19-15-11-18(22)16(20)10-13(15)6-7-17(19)21/h2-5,10-12,14,17,19,22H,6-9H2,1H3. The van der Waals surface area contributed by atoms with Crippen molar-refractivity contribution in [3.05, 3.63) is 52.6 Å². The van der Waals surface area contributed by atoms with E-state index in [0.717, 1.165) is 13.0 Å². The molecule has 1 heterocycles. The number of rotatable bonds is 0. The van der Waals surface area contributed by atoms with Crippen molar-refractivity contribution in [3.8, 4) is 5.75 Å². The van der Waals surface area contributed by atoms with Crippen molar-refractivity contribution < 1.29 is 5.11 Å². The summed E-state index contributed by atoms with van der Waals surface area (Å²) < 4.78 is 0. The first-order valence-corrected chi connectivity index (χ1v) is 8.59. The minimum atomic E-state index is 0.222. The zero-order valence-electron chi connectivity index (χ0n) is 12.9. The van der Waals surface area contributed by atoms with E-state index in [1.54, 1.807) is 0 Å². The SMILES string of the molecule is CN1CCC2C=CC=CC2C2c3cc(O)c(Cl)cc3CCC21. The number of phenolic OH excluding ortho intramolecular Hbond substituents is 1. The fraction of sp³-hybridized carbons (Fsp3) is 0.474. The van der Waals surface area contributed by atoms with Crippen LogP contribution in [0.15, 0.2) is 36.4 Å². The van der Waals surface area contributed by atoms with Crippen LogP contribution < -0.4 is 0 Å². The molecule has 0 aromatic heterocycles. The number of allylic oxidation sites excluding steroid dienone is 4. The summed E-state index contributed by atoms with van der Waals surface area (Å²) in [5.74, 6) is 1.80. The van der Waals surface area contributed by atoms with Gasteiger partial charge < -0.3 is 10.0 Å². The molecule has 0 radical (unpaired) electrons. The molecule has 1 aliphatic heterocycles. The van der Waals surface area contributed by atoms with Gasteiger partial charge in [-0.1, -0.05) is 35.9 Å². The number of phenols is 1. The smallest absolute Gasteiger partial charge is 0.134 e. The number of fused-ring (bicyclic) bond motifs is 5. The Morgan fingerprint density at radius 3 is 2.86 bits per heavy atom. The van der Waals surface area contributed by atoms with Crippen LogP contribution in [0.3, 0.4) is 0 Å². The molecule has 4 rings (SSSR count). The Hall–Kier alpha value is -1.25. The topological polar surface area (TPSA) is 23.5 Å². The highest BCUT2D eigenvalue weighted by Gasteiger charge is 2.42. The van der Waals surface area contributed by atoms with Crippen molar-refractivity contribution in [1.82, 2.24) is 4.90 Å². The van der Waals surface area contributed by atoms with E-state index in [-0.39, 0.29) is 5.75 Å². The van der Waals surface area contributed by atoms with Gasteiger partial charge in [0.2, 0.25) is 0 Å². The van der Waals surface area contributed by atoms with E-state index in [0.29, 0.717) is 28.8 Å². The van der Waals surface area contributed by atoms with E-state index in [4.69, 9.17) is 11.6 Å². The van der Waals surface area contributed by atoms with Crippen LogP contribution in [-0.4, -0.2) is 29.6 Å². The zero-order chi connectivity index (χ0) is 15.3. The van der Waals surface area contributed by atoms with Crippen molar-refractivity contribution in [2.24, 2.45) is 11.8 Å². The highest BCUT2D eigenvalue weighted by atomic mass is 35.5. The second kappa shape index (κ2) is 5.43. The number of aromatic hydroxyl groups is 1. The van der Waals surface area contributed by atoms with Crippen LogP contribution in [0.5, 0.6) is 5.75 Å². The lowest BCUT2D eigenvalue weighted by Crippen LogP contribution is -2.41. The predicted molar refractivity (Wildman–Crippen MR) is 90.5 cm³/mol. The third-order valence-electron chi connectivity index (χ3n) is 5.78. The molecule has 1 fully saturated rings. The maximum atomic E-state index is 10.1. The minimum absolute atomic E-state index is 0.222. The van der Waals surface area contributed by atoms with E-state index in [1.165, 1.54) is 24.0 Å². The Morgan fingerprint density at radius 2 is 2.00 bits per heavy atom. The number of nitrogens with zero attached hydrogens (tertiary/aromatic N) is 1. The predicted octanol–water partition coefficient (Wildman–Crippen LogP) is 4.14. The first-order chi connectivity index (χ1) is 10.6. The molecule has 2 aliphatic carbocycles. The molecule has 0 saturated carbocycles. The number of likely N-dealkylation sites (N-methyl/N-ethyl adjacent to an activating group) is 1. The molecule has 3 heteroatoms. The van der Waals surface area contributed by atoms with Gasteiger partial charge in [-0.25, -0.2) is 0 Å². The molecule has 1 aromatic rings. The Balaban J connectivity index is 1.84. The molecule has 22 heavy (non-hydrogen) atoms. The summed E-state index contributed by atoms with van der Waals surface area (Å²) in [4.78, 5) is 2.53. The van der Waals surface area contributed by atoms with Crippen LogP contribution in [0.4, 0.5) is 0 Å². The van der Waals surface area contributed by atoms with E-state index in [9.17, 15) is 5.11 Å². The number of likely N-dealkylation sites (tertiary alicyclic amines) is 1. The maximum absolute atomic E-state index is 10.1. The van der Waals surface area contributed by atoms with E-state index >= 15 is 0 Å². The third kappa shape index (κ3) is 2.21. The lowest BCUT2D eigenvalue weighted by atomic mass is 9.68. The van der Waals surface area contributed by atoms with Crippen molar-refractivity contribution in [2.45, 2.75) is 31.2 Å².